The molecule has 2 aromatic rings. The van der Waals surface area contributed by atoms with E-state index in [1.165, 1.54) is 0 Å². The second-order valence-corrected chi connectivity index (χ2v) is 13.8. The van der Waals surface area contributed by atoms with Gasteiger partial charge in [0.15, 0.2) is 30.0 Å². The van der Waals surface area contributed by atoms with Crippen molar-refractivity contribution < 1.29 is 76.6 Å². The van der Waals surface area contributed by atoms with Crippen LogP contribution in [-0.2, 0) is 39.2 Å². The number of ether oxygens (including phenoxy) is 2. The first kappa shape index (κ1) is 34.2. The number of hydrogen-bond acceptors (Lipinski definition) is 17. The quantitative estimate of drug-likeness (QED) is 0.0856. The van der Waals surface area contributed by atoms with E-state index in [-0.39, 0.29) is 17.2 Å². The zero-order chi connectivity index (χ0) is 32.1. The lowest BCUT2D eigenvalue weighted by Gasteiger charge is -2.41. The van der Waals surface area contributed by atoms with Gasteiger partial charge in [-0.1, -0.05) is 6.08 Å². The van der Waals surface area contributed by atoms with Gasteiger partial charge >= 0.3 is 14.5 Å². The molecule has 2 aromatic heterocycles. The molecule has 0 aromatic carbocycles. The Bertz CT molecular complexity index is 1450. The summed E-state index contributed by atoms with van der Waals surface area (Å²) < 4.78 is 67.1. The molecule has 4 rings (SSSR count). The molecule has 24 heteroatoms. The van der Waals surface area contributed by atoms with Gasteiger partial charge in [-0.2, -0.15) is 5.10 Å². The summed E-state index contributed by atoms with van der Waals surface area (Å²) in [5.41, 5.74) is 3.00. The maximum absolute atomic E-state index is 15.9. The second-order valence-electron chi connectivity index (χ2n) is 9.38. The van der Waals surface area contributed by atoms with E-state index in [1.54, 1.807) is 0 Å². The van der Waals surface area contributed by atoms with Crippen LogP contribution in [0.5, 0.6) is 0 Å². The molecule has 2 aliphatic rings. The van der Waals surface area contributed by atoms with E-state index in [4.69, 9.17) is 24.8 Å². The van der Waals surface area contributed by atoms with Crippen molar-refractivity contribution in [3.05, 3.63) is 30.9 Å². The number of imidazole rings is 1. The van der Waals surface area contributed by atoms with Gasteiger partial charge in [-0.25, -0.2) is 32.1 Å². The molecule has 12 atom stereocenters. The lowest BCUT2D eigenvalue weighted by atomic mass is 9.88. The highest BCUT2D eigenvalue weighted by Gasteiger charge is 2.65. The average molecular weight is 681 g/mol. The van der Waals surface area contributed by atoms with Crippen molar-refractivity contribution in [3.8, 4) is 0 Å². The molecular formula is C19H27F2N5O14P2S. The fourth-order valence-electron chi connectivity index (χ4n) is 4.34. The number of nitrogens with zero attached hydrogens (tertiary/aromatic N) is 4. The topological polar surface area (TPSA) is 294 Å². The van der Waals surface area contributed by atoms with Gasteiger partial charge in [0.25, 0.3) is 5.85 Å². The summed E-state index contributed by atoms with van der Waals surface area (Å²) in [6, 6.07) is 0. The number of aliphatic hydroxyl groups excluding tert-OH is 5. The Hall–Kier alpha value is -1.69. The van der Waals surface area contributed by atoms with Crippen LogP contribution in [0.4, 0.5) is 14.6 Å². The van der Waals surface area contributed by atoms with Crippen molar-refractivity contribution in [1.82, 2.24) is 19.6 Å². The average Bonchev–Trinajstić information content (AvgIpc) is 3.46. The molecule has 2 aliphatic heterocycles. The number of hydrogen-bond donors (Lipinski definition) is 9. The van der Waals surface area contributed by atoms with E-state index < -0.39 is 88.3 Å². The van der Waals surface area contributed by atoms with Gasteiger partial charge in [-0.3, -0.25) is 4.52 Å². The van der Waals surface area contributed by atoms with Gasteiger partial charge in [0.1, 0.15) is 49.1 Å². The fourth-order valence-corrected chi connectivity index (χ4v) is 7.42. The minimum absolute atomic E-state index is 0.00798. The lowest BCUT2D eigenvalue weighted by molar-refractivity contribution is -0.287. The molecule has 4 heterocycles. The maximum Gasteiger partial charge on any atom is 0.481 e. The first-order valence-electron chi connectivity index (χ1n) is 11.9. The Kier molecular flexibility index (Phi) is 9.74. The van der Waals surface area contributed by atoms with Gasteiger partial charge in [-0.15, -0.1) is 6.58 Å². The highest BCUT2D eigenvalue weighted by atomic mass is 32.5. The third-order valence-electron chi connectivity index (χ3n) is 6.54. The van der Waals surface area contributed by atoms with Crippen LogP contribution in [0.2, 0.25) is 0 Å². The number of fused-ring (bicyclic) bond motifs is 1. The van der Waals surface area contributed by atoms with E-state index in [2.05, 4.69) is 42.3 Å². The SMILES string of the molecule is C=C[C@]1(O)[C@H](c2cnc3c(N)ncnn23)O[C@](F)(COP(O)(=S)OP(=O)(O)OC2OC([C@@H](F)CO)C(O)C(O)C2O)[C@H]1O. The summed E-state index contributed by atoms with van der Waals surface area (Å²) >= 11 is 4.60. The summed E-state index contributed by atoms with van der Waals surface area (Å²) in [7, 11) is -5.67. The number of aromatic nitrogens is 4. The van der Waals surface area contributed by atoms with Crippen LogP contribution in [0.15, 0.2) is 25.2 Å². The van der Waals surface area contributed by atoms with Crippen molar-refractivity contribution in [2.24, 2.45) is 0 Å². The number of halogens is 2. The summed E-state index contributed by atoms with van der Waals surface area (Å²) in [6.07, 6.45) is -14.7. The number of nitrogens with two attached hydrogens (primary N) is 1. The minimum atomic E-state index is -5.67. The first-order chi connectivity index (χ1) is 19.9. The Balaban J connectivity index is 1.48. The van der Waals surface area contributed by atoms with Crippen molar-refractivity contribution in [2.45, 2.75) is 60.5 Å². The largest absolute Gasteiger partial charge is 0.481 e. The summed E-state index contributed by atoms with van der Waals surface area (Å²) in [6.45, 7) is -4.39. The highest BCUT2D eigenvalue weighted by molar-refractivity contribution is 8.08. The lowest BCUT2D eigenvalue weighted by Crippen LogP contribution is -2.60. The van der Waals surface area contributed by atoms with Crippen molar-refractivity contribution in [2.75, 3.05) is 18.9 Å². The van der Waals surface area contributed by atoms with Gasteiger partial charge in [-0.05, 0) is 11.8 Å². The van der Waals surface area contributed by atoms with Crippen LogP contribution in [0.25, 0.3) is 5.65 Å². The van der Waals surface area contributed by atoms with Crippen LogP contribution in [0.1, 0.15) is 11.8 Å². The molecule has 0 amide bonds. The first-order valence-corrected chi connectivity index (χ1v) is 16.0. The van der Waals surface area contributed by atoms with Crippen LogP contribution in [0, 0.1) is 0 Å². The van der Waals surface area contributed by atoms with E-state index in [0.717, 1.165) is 23.1 Å². The van der Waals surface area contributed by atoms with E-state index in [1.807, 2.05) is 0 Å². The number of anilines is 1. The molecule has 7 unspecified atom stereocenters. The standard InChI is InChI=1S/C19H27F2N5O14P2S/c1-2-18(32)13(8-3-23-15-14(22)24-6-25-26(8)15)38-19(21,17(18)31)5-36-42(35,43)40-41(33,34)39-16-11(30)9(28)10(29)12(37-16)7(20)4-27/h2-3,6-7,9-13,16-17,27-32H,1,4-5H2,(H,33,34)(H,35,43)(H2,22,24,25)/t7-,9?,10?,11?,12?,13-,16?,17-,18-,19+,42?/m0/s1. The Morgan fingerprint density at radius 2 is 1.93 bits per heavy atom. The Morgan fingerprint density at radius 3 is 2.56 bits per heavy atom. The molecule has 0 aliphatic carbocycles. The fraction of sp³-hybridized carbons (Fsp3) is 0.632. The zero-order valence-corrected chi connectivity index (χ0v) is 24.0. The molecular weight excluding hydrogens is 654 g/mol. The number of nitrogen functional groups attached to an aromatic ring is 1. The van der Waals surface area contributed by atoms with Gasteiger partial charge in [0.05, 0.1) is 18.5 Å². The molecule has 43 heavy (non-hydrogen) atoms. The van der Waals surface area contributed by atoms with Gasteiger partial charge in [0, 0.05) is 0 Å². The molecule has 0 bridgehead atoms. The molecule has 0 spiro atoms. The molecule has 19 nitrogen and oxygen atoms in total. The number of phosphoric acid groups is 1. The highest BCUT2D eigenvalue weighted by Crippen LogP contribution is 2.62. The predicted octanol–water partition coefficient (Wildman–Crippen LogP) is -2.77. The summed E-state index contributed by atoms with van der Waals surface area (Å²) in [5.74, 6) is -3.49. The number of phosphoric ester groups is 1. The van der Waals surface area contributed by atoms with Gasteiger partial charge in [0.2, 0.25) is 0 Å². The third kappa shape index (κ3) is 6.51. The van der Waals surface area contributed by atoms with Gasteiger partial charge < -0.3 is 60.2 Å². The van der Waals surface area contributed by atoms with Crippen LogP contribution in [-0.4, -0.2) is 128 Å². The van der Waals surface area contributed by atoms with Crippen molar-refractivity contribution in [1.29, 1.82) is 0 Å². The molecule has 2 saturated heterocycles. The van der Waals surface area contributed by atoms with E-state index in [9.17, 15) is 44.3 Å². The van der Waals surface area contributed by atoms with Crippen LogP contribution >= 0.6 is 14.5 Å². The number of aliphatic hydroxyl groups is 6. The predicted molar refractivity (Wildman–Crippen MR) is 137 cm³/mol. The second kappa shape index (κ2) is 12.2. The molecule has 0 saturated carbocycles. The Labute approximate surface area is 244 Å². The zero-order valence-electron chi connectivity index (χ0n) is 21.4. The smallest absolute Gasteiger partial charge is 0.393 e. The monoisotopic (exact) mass is 681 g/mol. The number of alkyl halides is 2. The number of rotatable bonds is 11. The normalized spacial score (nSPS) is 38.4. The maximum atomic E-state index is 15.9. The van der Waals surface area contributed by atoms with E-state index in [0.29, 0.717) is 0 Å². The van der Waals surface area contributed by atoms with Crippen LogP contribution in [0.3, 0.4) is 0 Å². The van der Waals surface area contributed by atoms with Crippen molar-refractivity contribution in [3.63, 3.8) is 0 Å². The molecule has 242 valence electrons. The third-order valence-corrected chi connectivity index (χ3v) is 10.0. The van der Waals surface area contributed by atoms with Crippen molar-refractivity contribution >= 4 is 37.8 Å². The Morgan fingerprint density at radius 1 is 1.26 bits per heavy atom. The van der Waals surface area contributed by atoms with E-state index >= 15 is 4.39 Å². The van der Waals surface area contributed by atoms with Crippen LogP contribution < -0.4 is 5.73 Å². The molecule has 0 radical (unpaired) electrons. The minimum Gasteiger partial charge on any atom is -0.393 e. The summed E-state index contributed by atoms with van der Waals surface area (Å²) in [5, 5.41) is 64.4. The molecule has 2 fully saturated rings. The molecule has 10 N–H and O–H groups in total. The summed E-state index contributed by atoms with van der Waals surface area (Å²) in [4.78, 5) is 28.1.